The number of hydrogen-bond acceptors (Lipinski definition) is 7. The maximum atomic E-state index is 13.0. The van der Waals surface area contributed by atoms with Crippen LogP contribution in [0.5, 0.6) is 0 Å². The number of rotatable bonds is 5. The van der Waals surface area contributed by atoms with Crippen LogP contribution in [0, 0.1) is 6.92 Å². The van der Waals surface area contributed by atoms with Crippen molar-refractivity contribution in [2.75, 3.05) is 11.9 Å². The molecular formula is C21H25N5O2S. The molecule has 0 aromatic carbocycles. The number of nitrogens with one attached hydrogen (secondary N) is 2. The van der Waals surface area contributed by atoms with E-state index >= 15 is 0 Å². The summed E-state index contributed by atoms with van der Waals surface area (Å²) in [4.78, 5) is 27.6. The number of thiophene rings is 1. The van der Waals surface area contributed by atoms with E-state index in [1.165, 1.54) is 17.7 Å². The van der Waals surface area contributed by atoms with Crippen LogP contribution in [0.4, 0.5) is 5.82 Å². The van der Waals surface area contributed by atoms with E-state index in [1.807, 2.05) is 25.1 Å². The molecule has 1 aliphatic rings. The van der Waals surface area contributed by atoms with Crippen LogP contribution < -0.4 is 10.6 Å². The highest BCUT2D eigenvalue weighted by Gasteiger charge is 2.30. The largest absolute Gasteiger partial charge is 0.375 e. The van der Waals surface area contributed by atoms with Crippen molar-refractivity contribution < 1.29 is 9.53 Å². The van der Waals surface area contributed by atoms with Gasteiger partial charge in [-0.25, -0.2) is 9.97 Å². The summed E-state index contributed by atoms with van der Waals surface area (Å²) in [5.74, 6) is 0.671. The summed E-state index contributed by atoms with van der Waals surface area (Å²) in [6.07, 6.45) is 4.93. The molecule has 0 aliphatic carbocycles. The molecule has 0 saturated carbocycles. The van der Waals surface area contributed by atoms with Crippen molar-refractivity contribution in [1.82, 2.24) is 20.3 Å². The van der Waals surface area contributed by atoms with Crippen molar-refractivity contribution >= 4 is 33.3 Å². The second-order valence-electron chi connectivity index (χ2n) is 7.90. The van der Waals surface area contributed by atoms with Gasteiger partial charge in [0.05, 0.1) is 28.1 Å². The normalized spacial score (nSPS) is 18.5. The van der Waals surface area contributed by atoms with Crippen LogP contribution in [0.15, 0.2) is 30.7 Å². The van der Waals surface area contributed by atoms with Gasteiger partial charge in [-0.2, -0.15) is 0 Å². The van der Waals surface area contributed by atoms with Crippen LogP contribution in [-0.4, -0.2) is 39.1 Å². The van der Waals surface area contributed by atoms with Crippen molar-refractivity contribution in [3.8, 4) is 0 Å². The molecule has 4 rings (SSSR count). The second kappa shape index (κ2) is 8.04. The molecule has 4 heterocycles. The van der Waals surface area contributed by atoms with E-state index < -0.39 is 0 Å². The summed E-state index contributed by atoms with van der Waals surface area (Å²) in [6.45, 7) is 7.30. The highest BCUT2D eigenvalue weighted by molar-refractivity contribution is 7.20. The minimum Gasteiger partial charge on any atom is -0.375 e. The number of aromatic nitrogens is 3. The molecule has 0 unspecified atom stereocenters. The molecule has 29 heavy (non-hydrogen) atoms. The van der Waals surface area contributed by atoms with Crippen LogP contribution >= 0.6 is 11.3 Å². The Kier molecular flexibility index (Phi) is 5.47. The van der Waals surface area contributed by atoms with Crippen LogP contribution in [0.1, 0.15) is 47.6 Å². The fourth-order valence-corrected chi connectivity index (χ4v) is 4.76. The summed E-state index contributed by atoms with van der Waals surface area (Å²) < 4.78 is 5.75. The monoisotopic (exact) mass is 411 g/mol. The Bertz CT molecular complexity index is 1020. The number of nitrogens with zero attached hydrogens (tertiary/aromatic N) is 3. The molecule has 0 radical (unpaired) electrons. The van der Waals surface area contributed by atoms with E-state index in [0.717, 1.165) is 40.1 Å². The third-order valence-electron chi connectivity index (χ3n) is 5.13. The van der Waals surface area contributed by atoms with E-state index in [0.29, 0.717) is 18.0 Å². The Balaban J connectivity index is 1.55. The molecule has 0 bridgehead atoms. The maximum absolute atomic E-state index is 13.0. The fourth-order valence-electron chi connectivity index (χ4n) is 3.71. The van der Waals surface area contributed by atoms with Crippen molar-refractivity contribution in [2.24, 2.45) is 0 Å². The maximum Gasteiger partial charge on any atom is 0.261 e. The number of carbonyl (C=O) groups is 1. The smallest absolute Gasteiger partial charge is 0.261 e. The molecular weight excluding hydrogens is 386 g/mol. The topological polar surface area (TPSA) is 89.0 Å². The molecule has 1 amide bonds. The molecule has 1 fully saturated rings. The average Bonchev–Trinajstić information content (AvgIpc) is 3.04. The van der Waals surface area contributed by atoms with Gasteiger partial charge in [0.1, 0.15) is 17.0 Å². The van der Waals surface area contributed by atoms with Gasteiger partial charge in [0.25, 0.3) is 5.91 Å². The number of carbonyl (C=O) groups excluding carboxylic acids is 1. The van der Waals surface area contributed by atoms with Crippen LogP contribution in [0.3, 0.4) is 0 Å². The van der Waals surface area contributed by atoms with Crippen LogP contribution in [-0.2, 0) is 11.3 Å². The molecule has 0 spiro atoms. The van der Waals surface area contributed by atoms with Crippen molar-refractivity contribution in [1.29, 1.82) is 0 Å². The van der Waals surface area contributed by atoms with Crippen LogP contribution in [0.25, 0.3) is 10.2 Å². The standard InChI is InChI=1S/C21H25N5O2S/c1-13-16-18(23-11-15-6-4-5-8-22-15)24-12-25-20(16)29-17(13)19(27)26-14-7-9-28-21(2,3)10-14/h4-6,8,12,14H,7,9-11H2,1-3H3,(H,26,27)(H,23,24,25)/t14-/m1/s1. The SMILES string of the molecule is Cc1c(C(=O)N[C@@H]2CCOC(C)(C)C2)sc2ncnc(NCc3ccccn3)c12. The Labute approximate surface area is 173 Å². The van der Waals surface area contributed by atoms with Gasteiger partial charge in [-0.15, -0.1) is 11.3 Å². The Morgan fingerprint density at radius 2 is 2.17 bits per heavy atom. The molecule has 1 aliphatic heterocycles. The summed E-state index contributed by atoms with van der Waals surface area (Å²) >= 11 is 1.41. The first kappa shape index (κ1) is 19.7. The van der Waals surface area contributed by atoms with Gasteiger partial charge in [-0.1, -0.05) is 6.07 Å². The zero-order chi connectivity index (χ0) is 20.4. The zero-order valence-electron chi connectivity index (χ0n) is 16.9. The molecule has 152 valence electrons. The Hall–Kier alpha value is -2.58. The second-order valence-corrected chi connectivity index (χ2v) is 8.90. The van der Waals surface area contributed by atoms with Gasteiger partial charge in [0.2, 0.25) is 0 Å². The number of anilines is 1. The van der Waals surface area contributed by atoms with E-state index in [9.17, 15) is 4.79 Å². The van der Waals surface area contributed by atoms with Gasteiger partial charge < -0.3 is 15.4 Å². The predicted molar refractivity (Wildman–Crippen MR) is 114 cm³/mol. The first-order valence-corrected chi connectivity index (χ1v) is 10.6. The summed E-state index contributed by atoms with van der Waals surface area (Å²) in [6, 6.07) is 5.92. The molecule has 8 heteroatoms. The number of amides is 1. The van der Waals surface area contributed by atoms with Gasteiger partial charge in [-0.3, -0.25) is 9.78 Å². The van der Waals surface area contributed by atoms with Gasteiger partial charge in [0, 0.05) is 18.8 Å². The lowest BCUT2D eigenvalue weighted by atomic mass is 9.94. The first-order valence-electron chi connectivity index (χ1n) is 9.76. The van der Waals surface area contributed by atoms with Crippen molar-refractivity contribution in [3.63, 3.8) is 0 Å². The summed E-state index contributed by atoms with van der Waals surface area (Å²) in [7, 11) is 0. The van der Waals surface area contributed by atoms with Crippen molar-refractivity contribution in [2.45, 2.75) is 51.8 Å². The lowest BCUT2D eigenvalue weighted by molar-refractivity contribution is -0.0615. The van der Waals surface area contributed by atoms with Gasteiger partial charge in [0.15, 0.2) is 0 Å². The lowest BCUT2D eigenvalue weighted by Crippen LogP contribution is -2.45. The van der Waals surface area contributed by atoms with E-state index in [-0.39, 0.29) is 17.6 Å². The Morgan fingerprint density at radius 1 is 1.31 bits per heavy atom. The molecule has 3 aromatic heterocycles. The number of aryl methyl sites for hydroxylation is 1. The Morgan fingerprint density at radius 3 is 2.93 bits per heavy atom. The molecule has 1 atom stereocenters. The average molecular weight is 412 g/mol. The number of ether oxygens (including phenoxy) is 1. The third-order valence-corrected chi connectivity index (χ3v) is 6.33. The number of fused-ring (bicyclic) bond motifs is 1. The van der Waals surface area contributed by atoms with Gasteiger partial charge >= 0.3 is 0 Å². The highest BCUT2D eigenvalue weighted by Crippen LogP contribution is 2.34. The predicted octanol–water partition coefficient (Wildman–Crippen LogP) is 3.69. The quantitative estimate of drug-likeness (QED) is 0.666. The van der Waals surface area contributed by atoms with Crippen molar-refractivity contribution in [3.05, 3.63) is 46.9 Å². The minimum absolute atomic E-state index is 0.0520. The first-order chi connectivity index (χ1) is 13.9. The van der Waals surface area contributed by atoms with E-state index in [1.54, 1.807) is 6.20 Å². The molecule has 1 saturated heterocycles. The molecule has 7 nitrogen and oxygen atoms in total. The minimum atomic E-state index is -0.209. The van der Waals surface area contributed by atoms with Gasteiger partial charge in [-0.05, 0) is 51.3 Å². The molecule has 2 N–H and O–H groups in total. The zero-order valence-corrected chi connectivity index (χ0v) is 17.7. The number of pyridine rings is 1. The van der Waals surface area contributed by atoms with Crippen LogP contribution in [0.2, 0.25) is 0 Å². The lowest BCUT2D eigenvalue weighted by Gasteiger charge is -2.35. The van der Waals surface area contributed by atoms with E-state index in [4.69, 9.17) is 4.74 Å². The number of hydrogen-bond donors (Lipinski definition) is 2. The summed E-state index contributed by atoms with van der Waals surface area (Å²) in [5, 5.41) is 7.41. The third kappa shape index (κ3) is 4.38. The fraction of sp³-hybridized carbons (Fsp3) is 0.429. The highest BCUT2D eigenvalue weighted by atomic mass is 32.1. The summed E-state index contributed by atoms with van der Waals surface area (Å²) in [5.41, 5.74) is 1.62. The molecule has 3 aromatic rings. The van der Waals surface area contributed by atoms with E-state index in [2.05, 4.69) is 39.4 Å².